The molecule has 0 aromatic carbocycles. The molecule has 0 aliphatic heterocycles. The molecule has 0 spiro atoms. The maximum absolute atomic E-state index is 11.6. The molecule has 0 bridgehead atoms. The van der Waals surface area contributed by atoms with Gasteiger partial charge in [0.1, 0.15) is 0 Å². The summed E-state index contributed by atoms with van der Waals surface area (Å²) in [4.78, 5) is 23.2. The number of hydrogen-bond acceptors (Lipinski definition) is 4. The predicted octanol–water partition coefficient (Wildman–Crippen LogP) is 7.40. The zero-order valence-electron chi connectivity index (χ0n) is 20.7. The van der Waals surface area contributed by atoms with Crippen molar-refractivity contribution in [2.75, 3.05) is 13.2 Å². The maximum atomic E-state index is 11.6. The van der Waals surface area contributed by atoms with E-state index in [-0.39, 0.29) is 22.8 Å². The predicted molar refractivity (Wildman–Crippen MR) is 125 cm³/mol. The van der Waals surface area contributed by atoms with Crippen LogP contribution in [0.1, 0.15) is 119 Å². The van der Waals surface area contributed by atoms with Crippen LogP contribution < -0.4 is 0 Å². The summed E-state index contributed by atoms with van der Waals surface area (Å²) in [5, 5.41) is 0. The van der Waals surface area contributed by atoms with Crippen molar-refractivity contribution in [2.45, 2.75) is 119 Å². The molecule has 0 saturated carbocycles. The molecule has 0 rings (SSSR count). The lowest BCUT2D eigenvalue weighted by atomic mass is 9.99. The van der Waals surface area contributed by atoms with Crippen LogP contribution >= 0.6 is 0 Å². The fourth-order valence-electron chi connectivity index (χ4n) is 2.77. The monoisotopic (exact) mass is 424 g/mol. The van der Waals surface area contributed by atoms with Crippen LogP contribution in [-0.4, -0.2) is 25.2 Å². The number of allylic oxidation sites excluding steroid dienone is 2. The minimum absolute atomic E-state index is 0.0331. The molecule has 0 N–H and O–H groups in total. The summed E-state index contributed by atoms with van der Waals surface area (Å²) in [5.74, 6) is -0.156. The standard InChI is InChI=1S/C26H48O4/c1-25(2,3)21-29-23(27)19-17-15-13-11-9-7-8-10-12-14-16-18-20-24(28)30-22-26(4,5)6/h13,15H,7-12,14,16-22H2,1-6H3/b15-13+. The van der Waals surface area contributed by atoms with Crippen molar-refractivity contribution in [1.82, 2.24) is 0 Å². The third-order valence-electron chi connectivity index (χ3n) is 4.52. The lowest BCUT2D eigenvalue weighted by Crippen LogP contribution is -2.18. The van der Waals surface area contributed by atoms with E-state index in [1.807, 2.05) is 0 Å². The molecule has 0 aliphatic rings. The van der Waals surface area contributed by atoms with Crippen molar-refractivity contribution in [3.8, 4) is 0 Å². The molecule has 0 saturated heterocycles. The van der Waals surface area contributed by atoms with Gasteiger partial charge in [-0.25, -0.2) is 0 Å². The third-order valence-corrected chi connectivity index (χ3v) is 4.52. The lowest BCUT2D eigenvalue weighted by Gasteiger charge is -2.17. The Labute approximate surface area is 186 Å². The van der Waals surface area contributed by atoms with Crippen molar-refractivity contribution in [3.63, 3.8) is 0 Å². The maximum Gasteiger partial charge on any atom is 0.306 e. The van der Waals surface area contributed by atoms with Crippen LogP contribution in [0.15, 0.2) is 12.2 Å². The molecular weight excluding hydrogens is 376 g/mol. The number of esters is 2. The van der Waals surface area contributed by atoms with E-state index in [2.05, 4.69) is 53.7 Å². The van der Waals surface area contributed by atoms with Crippen molar-refractivity contribution in [3.05, 3.63) is 12.2 Å². The summed E-state index contributed by atoms with van der Waals surface area (Å²) in [6.07, 6.45) is 16.7. The molecule has 0 fully saturated rings. The second kappa shape index (κ2) is 16.4. The first-order valence-electron chi connectivity index (χ1n) is 12.0. The van der Waals surface area contributed by atoms with Crippen molar-refractivity contribution >= 4 is 11.9 Å². The Bertz CT molecular complexity index is 480. The zero-order chi connectivity index (χ0) is 22.9. The fraction of sp³-hybridized carbons (Fsp3) is 0.846. The first-order valence-corrected chi connectivity index (χ1v) is 12.0. The largest absolute Gasteiger partial charge is 0.465 e. The second-order valence-corrected chi connectivity index (χ2v) is 10.8. The average Bonchev–Trinajstić information content (AvgIpc) is 2.63. The topological polar surface area (TPSA) is 52.6 Å². The Hall–Kier alpha value is -1.32. The Morgan fingerprint density at radius 1 is 0.567 bits per heavy atom. The van der Waals surface area contributed by atoms with Gasteiger partial charge in [-0.2, -0.15) is 0 Å². The van der Waals surface area contributed by atoms with Crippen LogP contribution in [-0.2, 0) is 19.1 Å². The highest BCUT2D eigenvalue weighted by Gasteiger charge is 2.14. The number of carbonyl (C=O) groups excluding carboxylic acids is 2. The molecule has 30 heavy (non-hydrogen) atoms. The van der Waals surface area contributed by atoms with E-state index in [9.17, 15) is 9.59 Å². The number of carbonyl (C=O) groups is 2. The molecule has 4 nitrogen and oxygen atoms in total. The molecule has 0 amide bonds. The molecule has 0 aromatic rings. The minimum atomic E-state index is -0.101. The van der Waals surface area contributed by atoms with Gasteiger partial charge in [0.05, 0.1) is 13.2 Å². The van der Waals surface area contributed by atoms with E-state index in [0.29, 0.717) is 26.1 Å². The molecule has 0 unspecified atom stereocenters. The van der Waals surface area contributed by atoms with Crippen LogP contribution in [0.5, 0.6) is 0 Å². The van der Waals surface area contributed by atoms with Crippen molar-refractivity contribution in [1.29, 1.82) is 0 Å². The van der Waals surface area contributed by atoms with Gasteiger partial charge in [-0.3, -0.25) is 9.59 Å². The molecule has 0 atom stereocenters. The summed E-state index contributed by atoms with van der Waals surface area (Å²) in [6.45, 7) is 13.4. The van der Waals surface area contributed by atoms with Gasteiger partial charge in [0.2, 0.25) is 0 Å². The number of unbranched alkanes of at least 4 members (excludes halogenated alkanes) is 8. The first-order chi connectivity index (χ1) is 14.0. The summed E-state index contributed by atoms with van der Waals surface area (Å²) >= 11 is 0. The zero-order valence-corrected chi connectivity index (χ0v) is 20.7. The molecule has 0 aliphatic carbocycles. The summed E-state index contributed by atoms with van der Waals surface area (Å²) < 4.78 is 10.5. The van der Waals surface area contributed by atoms with Gasteiger partial charge in [0.25, 0.3) is 0 Å². The van der Waals surface area contributed by atoms with Gasteiger partial charge in [0.15, 0.2) is 0 Å². The Morgan fingerprint density at radius 3 is 1.47 bits per heavy atom. The molecule has 0 aromatic heterocycles. The molecule has 176 valence electrons. The highest BCUT2D eigenvalue weighted by atomic mass is 16.5. The van der Waals surface area contributed by atoms with E-state index in [0.717, 1.165) is 25.7 Å². The van der Waals surface area contributed by atoms with Crippen LogP contribution in [0, 0.1) is 10.8 Å². The van der Waals surface area contributed by atoms with Gasteiger partial charge >= 0.3 is 11.9 Å². The van der Waals surface area contributed by atoms with Crippen molar-refractivity contribution < 1.29 is 19.1 Å². The molecule has 4 heteroatoms. The SMILES string of the molecule is CC(C)(C)COC(=O)CC/C=C/CCCCCCCCCCC(=O)OCC(C)(C)C. The number of rotatable bonds is 16. The normalized spacial score (nSPS) is 12.3. The lowest BCUT2D eigenvalue weighted by molar-refractivity contribution is -0.147. The molecule has 0 radical (unpaired) electrons. The summed E-state index contributed by atoms with van der Waals surface area (Å²) in [5.41, 5.74) is 0.0801. The van der Waals surface area contributed by atoms with Crippen LogP contribution in [0.4, 0.5) is 0 Å². The highest BCUT2D eigenvalue weighted by Crippen LogP contribution is 2.15. The Balaban J connectivity index is 3.37. The number of ether oxygens (including phenoxy) is 2. The molecule has 0 heterocycles. The number of hydrogen-bond donors (Lipinski definition) is 0. The Kier molecular flexibility index (Phi) is 15.7. The summed E-state index contributed by atoms with van der Waals surface area (Å²) in [7, 11) is 0. The van der Waals surface area contributed by atoms with Crippen molar-refractivity contribution in [2.24, 2.45) is 10.8 Å². The van der Waals surface area contributed by atoms with E-state index < -0.39 is 0 Å². The van der Waals surface area contributed by atoms with Gasteiger partial charge in [-0.05, 0) is 36.5 Å². The second-order valence-electron chi connectivity index (χ2n) is 10.8. The summed E-state index contributed by atoms with van der Waals surface area (Å²) in [6, 6.07) is 0. The first kappa shape index (κ1) is 28.7. The average molecular weight is 425 g/mol. The van der Waals surface area contributed by atoms with Crippen LogP contribution in [0.25, 0.3) is 0 Å². The minimum Gasteiger partial charge on any atom is -0.465 e. The van der Waals surface area contributed by atoms with Crippen LogP contribution in [0.2, 0.25) is 0 Å². The third kappa shape index (κ3) is 23.0. The highest BCUT2D eigenvalue weighted by molar-refractivity contribution is 5.69. The van der Waals surface area contributed by atoms with Crippen LogP contribution in [0.3, 0.4) is 0 Å². The fourth-order valence-corrected chi connectivity index (χ4v) is 2.77. The van der Waals surface area contributed by atoms with Gasteiger partial charge in [-0.15, -0.1) is 0 Å². The van der Waals surface area contributed by atoms with Gasteiger partial charge in [-0.1, -0.05) is 92.2 Å². The molecular formula is C26H48O4. The van der Waals surface area contributed by atoms with E-state index in [1.54, 1.807) is 0 Å². The van der Waals surface area contributed by atoms with Gasteiger partial charge < -0.3 is 9.47 Å². The van der Waals surface area contributed by atoms with E-state index >= 15 is 0 Å². The quantitative estimate of drug-likeness (QED) is 0.147. The van der Waals surface area contributed by atoms with Gasteiger partial charge in [0, 0.05) is 12.8 Å². The van der Waals surface area contributed by atoms with E-state index in [4.69, 9.17) is 9.47 Å². The van der Waals surface area contributed by atoms with E-state index in [1.165, 1.54) is 38.5 Å². The smallest absolute Gasteiger partial charge is 0.306 e. The Morgan fingerprint density at radius 2 is 0.967 bits per heavy atom.